The molecule has 2 N–H and O–H groups in total. The molecule has 1 atom stereocenters. The quantitative estimate of drug-likeness (QED) is 0.324. The van der Waals surface area contributed by atoms with E-state index in [1.807, 2.05) is 0 Å². The largest absolute Gasteiger partial charge is 0.481 e. The Morgan fingerprint density at radius 1 is 1.33 bits per heavy atom. The maximum atomic E-state index is 11.6. The van der Waals surface area contributed by atoms with Crippen LogP contribution in [0.2, 0.25) is 0 Å². The summed E-state index contributed by atoms with van der Waals surface area (Å²) in [7, 11) is 0. The van der Waals surface area contributed by atoms with E-state index in [2.05, 4.69) is 5.32 Å². The highest BCUT2D eigenvalue weighted by Crippen LogP contribution is 2.15. The summed E-state index contributed by atoms with van der Waals surface area (Å²) >= 11 is 1.16. The zero-order valence-electron chi connectivity index (χ0n) is 11.0. The monoisotopic (exact) mass is 277 g/mol. The van der Waals surface area contributed by atoms with E-state index in [9.17, 15) is 14.4 Å². The molecule has 0 fully saturated rings. The van der Waals surface area contributed by atoms with Gasteiger partial charge in [0, 0.05) is 12.7 Å². The maximum Gasteiger partial charge on any atom is 0.321 e. The number of carboxylic acid groups (broad SMARTS) is 1. The minimum absolute atomic E-state index is 0.0600. The van der Waals surface area contributed by atoms with Crippen molar-refractivity contribution in [1.29, 1.82) is 0 Å². The third-order valence-electron chi connectivity index (χ3n) is 1.70. The van der Waals surface area contributed by atoms with Gasteiger partial charge in [-0.15, -0.1) is 11.8 Å². The van der Waals surface area contributed by atoms with Crippen LogP contribution in [0.1, 0.15) is 27.7 Å². The fourth-order valence-electron chi connectivity index (χ4n) is 0.942. The van der Waals surface area contributed by atoms with E-state index in [1.54, 1.807) is 20.8 Å². The molecule has 0 saturated heterocycles. The Kier molecular flexibility index (Phi) is 6.75. The average Bonchev–Trinajstić information content (AvgIpc) is 2.12. The van der Waals surface area contributed by atoms with Crippen molar-refractivity contribution >= 4 is 29.6 Å². The molecule has 0 aromatic rings. The molecule has 0 radical (unpaired) electrons. The Bertz CT molecular complexity index is 324. The van der Waals surface area contributed by atoms with Crippen LogP contribution in [0.4, 0.5) is 0 Å². The Labute approximate surface area is 110 Å². The van der Waals surface area contributed by atoms with Crippen molar-refractivity contribution < 1.29 is 24.2 Å². The van der Waals surface area contributed by atoms with Crippen LogP contribution in [0.25, 0.3) is 0 Å². The van der Waals surface area contributed by atoms with Gasteiger partial charge in [0.25, 0.3) is 0 Å². The average molecular weight is 277 g/mol. The third kappa shape index (κ3) is 7.94. The molecule has 0 unspecified atom stereocenters. The Balaban J connectivity index is 4.27. The molecule has 104 valence electrons. The third-order valence-corrected chi connectivity index (χ3v) is 2.61. The number of ether oxygens (including phenoxy) is 1. The van der Waals surface area contributed by atoms with E-state index in [0.29, 0.717) is 0 Å². The molecule has 0 spiro atoms. The molecule has 0 aromatic carbocycles. The maximum absolute atomic E-state index is 11.6. The van der Waals surface area contributed by atoms with Crippen LogP contribution in [0.15, 0.2) is 0 Å². The summed E-state index contributed by atoms with van der Waals surface area (Å²) in [5, 5.41) is 11.5. The minimum Gasteiger partial charge on any atom is -0.481 e. The summed E-state index contributed by atoms with van der Waals surface area (Å²) in [6.45, 7) is 6.39. The molecule has 0 aromatic heterocycles. The number of carboxylic acids is 1. The van der Waals surface area contributed by atoms with Crippen molar-refractivity contribution in [1.82, 2.24) is 5.32 Å². The molecule has 7 heteroatoms. The number of esters is 1. The van der Waals surface area contributed by atoms with Crippen molar-refractivity contribution in [3.8, 4) is 0 Å². The molecule has 18 heavy (non-hydrogen) atoms. The van der Waals surface area contributed by atoms with Gasteiger partial charge in [0.05, 0.1) is 5.88 Å². The van der Waals surface area contributed by atoms with Crippen molar-refractivity contribution in [2.24, 2.45) is 5.92 Å². The number of hydrogen-bond acceptors (Lipinski definition) is 5. The van der Waals surface area contributed by atoms with Crippen LogP contribution in [0.3, 0.4) is 0 Å². The lowest BCUT2D eigenvalue weighted by Gasteiger charge is -2.22. The first-order chi connectivity index (χ1) is 8.13. The highest BCUT2D eigenvalue weighted by Gasteiger charge is 2.30. The molecular weight excluding hydrogens is 258 g/mol. The smallest absolute Gasteiger partial charge is 0.321 e. The summed E-state index contributed by atoms with van der Waals surface area (Å²) < 4.78 is 5.02. The highest BCUT2D eigenvalue weighted by molar-refractivity contribution is 7.99. The van der Waals surface area contributed by atoms with Crippen LogP contribution in [0, 0.1) is 5.92 Å². The van der Waals surface area contributed by atoms with Gasteiger partial charge in [0.15, 0.2) is 5.92 Å². The molecule has 0 heterocycles. The van der Waals surface area contributed by atoms with Gasteiger partial charge < -0.3 is 15.2 Å². The zero-order valence-corrected chi connectivity index (χ0v) is 11.8. The topological polar surface area (TPSA) is 92.7 Å². The summed E-state index contributed by atoms with van der Waals surface area (Å²) in [5.41, 5.74) is -0.715. The van der Waals surface area contributed by atoms with Crippen molar-refractivity contribution in [3.63, 3.8) is 0 Å². The predicted octanol–water partition coefficient (Wildman–Crippen LogP) is 0.856. The Morgan fingerprint density at radius 3 is 2.28 bits per heavy atom. The number of carbonyl (C=O) groups excluding carboxylic acids is 2. The fourth-order valence-corrected chi connectivity index (χ4v) is 1.88. The SMILES string of the molecule is CC(=O)NCSC[C@H](C(=O)O)C(=O)OC(C)(C)C. The van der Waals surface area contributed by atoms with Crippen molar-refractivity contribution in [2.45, 2.75) is 33.3 Å². The fraction of sp³-hybridized carbons (Fsp3) is 0.727. The number of nitrogens with one attached hydrogen (secondary N) is 1. The summed E-state index contributed by atoms with van der Waals surface area (Å²) in [6.07, 6.45) is 0. The van der Waals surface area contributed by atoms with Crippen LogP contribution in [0.5, 0.6) is 0 Å². The first-order valence-corrected chi connectivity index (χ1v) is 6.57. The molecule has 0 aliphatic heterocycles. The number of thioether (sulfide) groups is 1. The van der Waals surface area contributed by atoms with E-state index < -0.39 is 23.5 Å². The lowest BCUT2D eigenvalue weighted by atomic mass is 10.1. The zero-order chi connectivity index (χ0) is 14.3. The first-order valence-electron chi connectivity index (χ1n) is 5.41. The van der Waals surface area contributed by atoms with Gasteiger partial charge in [-0.05, 0) is 20.8 Å². The molecule has 1 amide bonds. The molecular formula is C11H19NO5S. The number of carbonyl (C=O) groups is 3. The molecule has 0 aliphatic rings. The van der Waals surface area contributed by atoms with Crippen molar-refractivity contribution in [2.75, 3.05) is 11.6 Å². The second-order valence-electron chi connectivity index (χ2n) is 4.67. The van der Waals surface area contributed by atoms with Crippen LogP contribution >= 0.6 is 11.8 Å². The summed E-state index contributed by atoms with van der Waals surface area (Å²) in [5.74, 6) is -3.08. The number of aliphatic carboxylic acids is 1. The van der Waals surface area contributed by atoms with Gasteiger partial charge in [0.1, 0.15) is 5.60 Å². The highest BCUT2D eigenvalue weighted by atomic mass is 32.2. The van der Waals surface area contributed by atoms with Crippen LogP contribution in [-0.2, 0) is 19.1 Å². The second kappa shape index (κ2) is 7.25. The number of amides is 1. The van der Waals surface area contributed by atoms with E-state index in [1.165, 1.54) is 6.92 Å². The van der Waals surface area contributed by atoms with E-state index in [-0.39, 0.29) is 17.5 Å². The van der Waals surface area contributed by atoms with Gasteiger partial charge in [-0.25, -0.2) is 0 Å². The van der Waals surface area contributed by atoms with Gasteiger partial charge in [-0.3, -0.25) is 14.4 Å². The number of hydrogen-bond donors (Lipinski definition) is 2. The lowest BCUT2D eigenvalue weighted by molar-refractivity contribution is -0.165. The second-order valence-corrected chi connectivity index (χ2v) is 5.70. The van der Waals surface area contributed by atoms with Gasteiger partial charge in [-0.2, -0.15) is 0 Å². The number of rotatable bonds is 6. The van der Waals surface area contributed by atoms with Crippen LogP contribution in [-0.4, -0.2) is 40.2 Å². The standard InChI is InChI=1S/C11H19NO5S/c1-7(13)12-6-18-5-8(9(14)15)10(16)17-11(2,3)4/h8H,5-6H2,1-4H3,(H,12,13)(H,14,15)/t8-/m1/s1. The van der Waals surface area contributed by atoms with Gasteiger partial charge in [0.2, 0.25) is 5.91 Å². The first kappa shape index (κ1) is 16.8. The summed E-state index contributed by atoms with van der Waals surface area (Å²) in [4.78, 5) is 33.2. The molecule has 6 nitrogen and oxygen atoms in total. The Morgan fingerprint density at radius 2 is 1.89 bits per heavy atom. The lowest BCUT2D eigenvalue weighted by Crippen LogP contribution is -2.34. The molecule has 0 saturated carbocycles. The molecule has 0 rings (SSSR count). The van der Waals surface area contributed by atoms with E-state index >= 15 is 0 Å². The van der Waals surface area contributed by atoms with Gasteiger partial charge in [-0.1, -0.05) is 0 Å². The predicted molar refractivity (Wildman–Crippen MR) is 68.1 cm³/mol. The minimum atomic E-state index is -1.22. The van der Waals surface area contributed by atoms with Gasteiger partial charge >= 0.3 is 11.9 Å². The molecule has 0 aliphatic carbocycles. The molecule has 0 bridgehead atoms. The Hall–Kier alpha value is -1.24. The normalized spacial score (nSPS) is 12.7. The van der Waals surface area contributed by atoms with E-state index in [4.69, 9.17) is 9.84 Å². The van der Waals surface area contributed by atoms with Crippen molar-refractivity contribution in [3.05, 3.63) is 0 Å². The van der Waals surface area contributed by atoms with E-state index in [0.717, 1.165) is 11.8 Å². The van der Waals surface area contributed by atoms with Crippen LogP contribution < -0.4 is 5.32 Å². The summed E-state index contributed by atoms with van der Waals surface area (Å²) in [6, 6.07) is 0.